The van der Waals surface area contributed by atoms with Crippen LogP contribution in [0.3, 0.4) is 0 Å². The van der Waals surface area contributed by atoms with Gasteiger partial charge in [0.05, 0.1) is 9.79 Å². The molecule has 0 bridgehead atoms. The van der Waals surface area contributed by atoms with Gasteiger partial charge in [0.25, 0.3) is 0 Å². The van der Waals surface area contributed by atoms with Crippen molar-refractivity contribution in [2.45, 2.75) is 16.4 Å². The molecule has 0 unspecified atom stereocenters. The summed E-state index contributed by atoms with van der Waals surface area (Å²) in [6, 6.07) is 0. The van der Waals surface area contributed by atoms with Crippen LogP contribution >= 0.6 is 25.3 Å². The predicted molar refractivity (Wildman–Crippen MR) is 39.1 cm³/mol. The molecular weight excluding hydrogens is 156 g/mol. The molecule has 1 heterocycles. The smallest absolute Gasteiger partial charge is 0.143 e. The van der Waals surface area contributed by atoms with E-state index in [9.17, 15) is 0 Å². The van der Waals surface area contributed by atoms with Gasteiger partial charge in [0.15, 0.2) is 0 Å². The third kappa shape index (κ3) is 1.26. The Morgan fingerprint density at radius 3 is 2.44 bits per heavy atom. The van der Waals surface area contributed by atoms with E-state index in [4.69, 9.17) is 9.52 Å². The van der Waals surface area contributed by atoms with Crippen molar-refractivity contribution in [3.8, 4) is 0 Å². The number of aliphatic hydroxyl groups excluding tert-OH is 1. The van der Waals surface area contributed by atoms with E-state index in [2.05, 4.69) is 25.3 Å². The lowest BCUT2D eigenvalue weighted by atomic mass is 10.5. The van der Waals surface area contributed by atoms with Crippen molar-refractivity contribution in [1.29, 1.82) is 0 Å². The summed E-state index contributed by atoms with van der Waals surface area (Å²) in [6.07, 6.45) is 1.44. The standard InChI is InChI=1S/C5H6O2S2/c6-1-3-5(9)4(8)2-7-3/h2,6,8-9H,1H2. The van der Waals surface area contributed by atoms with Crippen LogP contribution in [0.4, 0.5) is 0 Å². The topological polar surface area (TPSA) is 33.4 Å². The minimum Gasteiger partial charge on any atom is -0.464 e. The van der Waals surface area contributed by atoms with E-state index in [1.807, 2.05) is 0 Å². The molecule has 0 atom stereocenters. The minimum atomic E-state index is -0.126. The van der Waals surface area contributed by atoms with Crippen LogP contribution in [-0.2, 0) is 6.61 Å². The van der Waals surface area contributed by atoms with E-state index in [-0.39, 0.29) is 6.61 Å². The van der Waals surface area contributed by atoms with Crippen molar-refractivity contribution < 1.29 is 9.52 Å². The summed E-state index contributed by atoms with van der Waals surface area (Å²) in [6.45, 7) is -0.126. The van der Waals surface area contributed by atoms with E-state index in [0.717, 1.165) is 0 Å². The maximum absolute atomic E-state index is 8.56. The second-order valence-corrected chi connectivity index (χ2v) is 2.48. The Morgan fingerprint density at radius 1 is 1.56 bits per heavy atom. The Hall–Kier alpha value is -0.0600. The van der Waals surface area contributed by atoms with Crippen molar-refractivity contribution in [3.05, 3.63) is 12.0 Å². The van der Waals surface area contributed by atoms with Crippen LogP contribution in [0.2, 0.25) is 0 Å². The number of rotatable bonds is 1. The van der Waals surface area contributed by atoms with E-state index in [0.29, 0.717) is 15.6 Å². The monoisotopic (exact) mass is 162 g/mol. The Labute approximate surface area is 63.7 Å². The third-order valence-electron chi connectivity index (χ3n) is 0.963. The molecule has 0 radical (unpaired) electrons. The number of hydrogen-bond donors (Lipinski definition) is 3. The fourth-order valence-corrected chi connectivity index (χ4v) is 0.847. The first-order chi connectivity index (χ1) is 4.25. The van der Waals surface area contributed by atoms with Gasteiger partial charge >= 0.3 is 0 Å². The Morgan fingerprint density at radius 2 is 2.22 bits per heavy atom. The average Bonchev–Trinajstić information content (AvgIpc) is 2.15. The molecule has 0 aliphatic rings. The number of hydrogen-bond acceptors (Lipinski definition) is 4. The zero-order chi connectivity index (χ0) is 6.85. The van der Waals surface area contributed by atoms with Crippen LogP contribution < -0.4 is 0 Å². The molecule has 0 saturated carbocycles. The molecule has 1 N–H and O–H groups in total. The molecule has 0 aromatic carbocycles. The van der Waals surface area contributed by atoms with E-state index in [1.165, 1.54) is 6.26 Å². The first kappa shape index (κ1) is 7.05. The molecule has 4 heteroatoms. The van der Waals surface area contributed by atoms with Gasteiger partial charge in [-0.05, 0) is 0 Å². The first-order valence-electron chi connectivity index (χ1n) is 2.35. The largest absolute Gasteiger partial charge is 0.464 e. The molecule has 0 aliphatic heterocycles. The predicted octanol–water partition coefficient (Wildman–Crippen LogP) is 1.35. The highest BCUT2D eigenvalue weighted by atomic mass is 32.1. The average molecular weight is 162 g/mol. The van der Waals surface area contributed by atoms with Crippen molar-refractivity contribution in [2.75, 3.05) is 0 Å². The quantitative estimate of drug-likeness (QED) is 0.545. The summed E-state index contributed by atoms with van der Waals surface area (Å²) in [7, 11) is 0. The Bertz CT molecular complexity index is 207. The second-order valence-electron chi connectivity index (χ2n) is 1.55. The van der Waals surface area contributed by atoms with Gasteiger partial charge in [-0.15, -0.1) is 25.3 Å². The molecule has 0 aliphatic carbocycles. The van der Waals surface area contributed by atoms with Gasteiger partial charge in [-0.2, -0.15) is 0 Å². The maximum atomic E-state index is 8.56. The van der Waals surface area contributed by atoms with E-state index >= 15 is 0 Å². The third-order valence-corrected chi connectivity index (χ3v) is 1.96. The van der Waals surface area contributed by atoms with Gasteiger partial charge < -0.3 is 9.52 Å². The lowest BCUT2D eigenvalue weighted by Crippen LogP contribution is -1.77. The lowest BCUT2D eigenvalue weighted by Gasteiger charge is -1.87. The number of thiol groups is 2. The first-order valence-corrected chi connectivity index (χ1v) is 3.24. The van der Waals surface area contributed by atoms with Gasteiger partial charge in [0.2, 0.25) is 0 Å². The van der Waals surface area contributed by atoms with Gasteiger partial charge in [0.1, 0.15) is 18.6 Å². The SMILES string of the molecule is OCc1occ(S)c1S. The summed E-state index contributed by atoms with van der Waals surface area (Å²) in [5, 5.41) is 8.56. The number of furan rings is 1. The Balaban J connectivity index is 3.04. The normalized spacial score (nSPS) is 10.1. The highest BCUT2D eigenvalue weighted by Crippen LogP contribution is 2.23. The molecule has 1 aromatic rings. The van der Waals surface area contributed by atoms with Crippen LogP contribution in [0.25, 0.3) is 0 Å². The summed E-state index contributed by atoms with van der Waals surface area (Å²) in [5.41, 5.74) is 0. The van der Waals surface area contributed by atoms with Gasteiger partial charge in [-0.1, -0.05) is 0 Å². The summed E-state index contributed by atoms with van der Waals surface area (Å²) in [5.74, 6) is 0.461. The molecule has 0 amide bonds. The molecule has 0 fully saturated rings. The van der Waals surface area contributed by atoms with Crippen LogP contribution in [-0.4, -0.2) is 5.11 Å². The van der Waals surface area contributed by atoms with Crippen LogP contribution in [0.1, 0.15) is 5.76 Å². The second kappa shape index (κ2) is 2.68. The van der Waals surface area contributed by atoms with Crippen molar-refractivity contribution >= 4 is 25.3 Å². The molecule has 2 nitrogen and oxygen atoms in total. The van der Waals surface area contributed by atoms with Crippen molar-refractivity contribution in [2.24, 2.45) is 0 Å². The molecular formula is C5H6O2S2. The van der Waals surface area contributed by atoms with Crippen molar-refractivity contribution in [3.63, 3.8) is 0 Å². The molecule has 50 valence electrons. The number of aliphatic hydroxyl groups is 1. The zero-order valence-corrected chi connectivity index (χ0v) is 6.32. The van der Waals surface area contributed by atoms with E-state index < -0.39 is 0 Å². The molecule has 9 heavy (non-hydrogen) atoms. The van der Waals surface area contributed by atoms with Crippen LogP contribution in [0.15, 0.2) is 20.5 Å². The highest BCUT2D eigenvalue weighted by Gasteiger charge is 2.04. The molecule has 1 rings (SSSR count). The minimum absolute atomic E-state index is 0.126. The van der Waals surface area contributed by atoms with Crippen LogP contribution in [0.5, 0.6) is 0 Å². The van der Waals surface area contributed by atoms with Crippen molar-refractivity contribution in [1.82, 2.24) is 0 Å². The van der Waals surface area contributed by atoms with Gasteiger partial charge in [-0.25, -0.2) is 0 Å². The van der Waals surface area contributed by atoms with Gasteiger partial charge in [-0.3, -0.25) is 0 Å². The zero-order valence-electron chi connectivity index (χ0n) is 4.53. The van der Waals surface area contributed by atoms with Gasteiger partial charge in [0, 0.05) is 0 Å². The summed E-state index contributed by atoms with van der Waals surface area (Å²) >= 11 is 8.00. The molecule has 0 saturated heterocycles. The fourth-order valence-electron chi connectivity index (χ4n) is 0.494. The summed E-state index contributed by atoms with van der Waals surface area (Å²) in [4.78, 5) is 1.27. The Kier molecular flexibility index (Phi) is 2.10. The molecule has 1 aromatic heterocycles. The lowest BCUT2D eigenvalue weighted by molar-refractivity contribution is 0.243. The summed E-state index contributed by atoms with van der Waals surface area (Å²) < 4.78 is 4.84. The van der Waals surface area contributed by atoms with Crippen LogP contribution in [0, 0.1) is 0 Å². The van der Waals surface area contributed by atoms with E-state index in [1.54, 1.807) is 0 Å². The molecule has 0 spiro atoms. The fraction of sp³-hybridized carbons (Fsp3) is 0.200. The highest BCUT2D eigenvalue weighted by molar-refractivity contribution is 7.83. The maximum Gasteiger partial charge on any atom is 0.143 e.